The summed E-state index contributed by atoms with van der Waals surface area (Å²) in [6.07, 6.45) is 1.18. The van der Waals surface area contributed by atoms with Crippen LogP contribution >= 0.6 is 11.3 Å². The van der Waals surface area contributed by atoms with Crippen LogP contribution in [0, 0.1) is 0 Å². The second-order valence-electron chi connectivity index (χ2n) is 2.77. The number of thiophene rings is 1. The Bertz CT molecular complexity index is 326. The zero-order valence-electron chi connectivity index (χ0n) is 8.18. The van der Waals surface area contributed by atoms with Crippen molar-refractivity contribution in [2.75, 3.05) is 0 Å². The van der Waals surface area contributed by atoms with Crippen LogP contribution < -0.4 is 0 Å². The van der Waals surface area contributed by atoms with Crippen LogP contribution in [0.25, 0.3) is 0 Å². The van der Waals surface area contributed by atoms with Gasteiger partial charge in [-0.05, 0) is 30.0 Å². The van der Waals surface area contributed by atoms with Crippen LogP contribution in [0.15, 0.2) is 47.8 Å². The number of hydrogen-bond acceptors (Lipinski definition) is 2. The summed E-state index contributed by atoms with van der Waals surface area (Å²) in [6, 6.07) is 13.0. The van der Waals surface area contributed by atoms with Gasteiger partial charge in [-0.1, -0.05) is 31.2 Å². The van der Waals surface area contributed by atoms with Gasteiger partial charge in [0.1, 0.15) is 5.75 Å². The molecule has 0 radical (unpaired) electrons. The number of aryl methyl sites for hydroxylation is 1. The summed E-state index contributed by atoms with van der Waals surface area (Å²) in [5.41, 5.74) is 0. The molecule has 0 aliphatic carbocycles. The highest BCUT2D eigenvalue weighted by Crippen LogP contribution is 2.07. The van der Waals surface area contributed by atoms with E-state index in [4.69, 9.17) is 5.11 Å². The minimum absolute atomic E-state index is 0.322. The molecule has 1 aromatic carbocycles. The van der Waals surface area contributed by atoms with E-state index >= 15 is 0 Å². The predicted octanol–water partition coefficient (Wildman–Crippen LogP) is 3.70. The summed E-state index contributed by atoms with van der Waals surface area (Å²) in [6.45, 7) is 2.17. The molecule has 2 heteroatoms. The van der Waals surface area contributed by atoms with Gasteiger partial charge in [-0.2, -0.15) is 0 Å². The number of phenolic OH excluding ortho intramolecular Hbond substituents is 1. The topological polar surface area (TPSA) is 20.2 Å². The minimum Gasteiger partial charge on any atom is -0.508 e. The first-order chi connectivity index (χ1) is 6.83. The van der Waals surface area contributed by atoms with Crippen molar-refractivity contribution in [2.45, 2.75) is 13.3 Å². The van der Waals surface area contributed by atoms with E-state index in [-0.39, 0.29) is 0 Å². The van der Waals surface area contributed by atoms with Crippen molar-refractivity contribution < 1.29 is 5.11 Å². The highest BCUT2D eigenvalue weighted by atomic mass is 32.1. The summed E-state index contributed by atoms with van der Waals surface area (Å²) < 4.78 is 0. The van der Waals surface area contributed by atoms with E-state index in [1.165, 1.54) is 11.3 Å². The molecule has 0 atom stereocenters. The second kappa shape index (κ2) is 6.22. The van der Waals surface area contributed by atoms with Crippen LogP contribution in [0.2, 0.25) is 0 Å². The van der Waals surface area contributed by atoms with Gasteiger partial charge >= 0.3 is 0 Å². The van der Waals surface area contributed by atoms with Crippen LogP contribution in [-0.4, -0.2) is 5.11 Å². The molecule has 1 aromatic heterocycles. The standard InChI is InChI=1S/C6H6O.C6H8S/c7-6-4-2-1-3-5-6;1-2-6-4-3-5-7-6/h1-5,7H;3-5H,2H2,1H3. The van der Waals surface area contributed by atoms with Crippen molar-refractivity contribution in [1.29, 1.82) is 0 Å². The SMILES string of the molecule is CCc1cccs1.Oc1ccccc1. The Hall–Kier alpha value is -1.28. The molecule has 0 bridgehead atoms. The maximum atomic E-state index is 8.63. The first-order valence-corrected chi connectivity index (χ1v) is 5.47. The van der Waals surface area contributed by atoms with Gasteiger partial charge in [0, 0.05) is 4.88 Å². The molecule has 2 aromatic rings. The zero-order valence-corrected chi connectivity index (χ0v) is 9.00. The molecule has 0 fully saturated rings. The number of rotatable bonds is 1. The summed E-state index contributed by atoms with van der Waals surface area (Å²) in [4.78, 5) is 1.47. The van der Waals surface area contributed by atoms with E-state index in [9.17, 15) is 0 Å². The molecular weight excluding hydrogens is 192 g/mol. The van der Waals surface area contributed by atoms with Gasteiger partial charge in [0.05, 0.1) is 0 Å². The lowest BCUT2D eigenvalue weighted by Gasteiger charge is -1.82. The fourth-order valence-electron chi connectivity index (χ4n) is 0.942. The molecular formula is C12H14OS. The Morgan fingerprint density at radius 1 is 1.07 bits per heavy atom. The number of hydrogen-bond donors (Lipinski definition) is 1. The molecule has 0 unspecified atom stereocenters. The van der Waals surface area contributed by atoms with Gasteiger partial charge < -0.3 is 5.11 Å². The average Bonchev–Trinajstić information content (AvgIpc) is 2.72. The van der Waals surface area contributed by atoms with Gasteiger partial charge in [0.25, 0.3) is 0 Å². The Balaban J connectivity index is 0.000000140. The maximum Gasteiger partial charge on any atom is 0.115 e. The first-order valence-electron chi connectivity index (χ1n) is 4.59. The Morgan fingerprint density at radius 3 is 2.07 bits per heavy atom. The highest BCUT2D eigenvalue weighted by molar-refractivity contribution is 7.09. The molecule has 1 heterocycles. The van der Waals surface area contributed by atoms with Gasteiger partial charge in [-0.15, -0.1) is 11.3 Å². The van der Waals surface area contributed by atoms with E-state index in [1.807, 2.05) is 17.4 Å². The van der Waals surface area contributed by atoms with Crippen LogP contribution in [0.3, 0.4) is 0 Å². The lowest BCUT2D eigenvalue weighted by atomic mass is 10.3. The molecule has 0 aliphatic heterocycles. The summed E-state index contributed by atoms with van der Waals surface area (Å²) in [5.74, 6) is 0.322. The third kappa shape index (κ3) is 4.10. The maximum absolute atomic E-state index is 8.63. The smallest absolute Gasteiger partial charge is 0.115 e. The molecule has 1 N–H and O–H groups in total. The normalized spacial score (nSPS) is 8.93. The molecule has 2 rings (SSSR count). The number of aromatic hydroxyl groups is 1. The van der Waals surface area contributed by atoms with Gasteiger partial charge in [0.15, 0.2) is 0 Å². The van der Waals surface area contributed by atoms with Crippen LogP contribution in [0.1, 0.15) is 11.8 Å². The number of phenols is 1. The van der Waals surface area contributed by atoms with Crippen molar-refractivity contribution in [1.82, 2.24) is 0 Å². The minimum atomic E-state index is 0.322. The summed E-state index contributed by atoms with van der Waals surface area (Å²) >= 11 is 1.82. The zero-order chi connectivity index (χ0) is 10.2. The fourth-order valence-corrected chi connectivity index (χ4v) is 1.60. The predicted molar refractivity (Wildman–Crippen MR) is 61.8 cm³/mol. The van der Waals surface area contributed by atoms with Crippen molar-refractivity contribution in [2.24, 2.45) is 0 Å². The Labute approximate surface area is 88.7 Å². The Morgan fingerprint density at radius 2 is 1.79 bits per heavy atom. The molecule has 0 saturated heterocycles. The first kappa shape index (κ1) is 10.8. The largest absolute Gasteiger partial charge is 0.508 e. The monoisotopic (exact) mass is 206 g/mol. The van der Waals surface area contributed by atoms with Gasteiger partial charge in [0.2, 0.25) is 0 Å². The van der Waals surface area contributed by atoms with Crippen LogP contribution in [-0.2, 0) is 6.42 Å². The van der Waals surface area contributed by atoms with Crippen molar-refractivity contribution in [3.8, 4) is 5.75 Å². The van der Waals surface area contributed by atoms with E-state index in [1.54, 1.807) is 24.3 Å². The molecule has 14 heavy (non-hydrogen) atoms. The van der Waals surface area contributed by atoms with Gasteiger partial charge in [-0.25, -0.2) is 0 Å². The van der Waals surface area contributed by atoms with E-state index < -0.39 is 0 Å². The summed E-state index contributed by atoms with van der Waals surface area (Å²) in [5, 5.41) is 10.7. The molecule has 0 amide bonds. The van der Waals surface area contributed by atoms with E-state index in [2.05, 4.69) is 24.4 Å². The van der Waals surface area contributed by atoms with Crippen LogP contribution in [0.4, 0.5) is 0 Å². The quantitative estimate of drug-likeness (QED) is 0.754. The van der Waals surface area contributed by atoms with Gasteiger partial charge in [-0.3, -0.25) is 0 Å². The third-order valence-electron chi connectivity index (χ3n) is 1.68. The molecule has 1 nitrogen and oxygen atoms in total. The molecule has 0 spiro atoms. The van der Waals surface area contributed by atoms with Crippen molar-refractivity contribution in [3.63, 3.8) is 0 Å². The third-order valence-corrected chi connectivity index (χ3v) is 2.71. The number of benzene rings is 1. The van der Waals surface area contributed by atoms with Crippen molar-refractivity contribution in [3.05, 3.63) is 52.7 Å². The van der Waals surface area contributed by atoms with Crippen molar-refractivity contribution >= 4 is 11.3 Å². The molecule has 0 aliphatic rings. The molecule has 74 valence electrons. The lowest BCUT2D eigenvalue weighted by molar-refractivity contribution is 0.475. The lowest BCUT2D eigenvalue weighted by Crippen LogP contribution is -1.63. The number of para-hydroxylation sites is 1. The van der Waals surface area contributed by atoms with E-state index in [0.717, 1.165) is 0 Å². The highest BCUT2D eigenvalue weighted by Gasteiger charge is 1.82. The summed E-state index contributed by atoms with van der Waals surface area (Å²) in [7, 11) is 0. The van der Waals surface area contributed by atoms with Crippen LogP contribution in [0.5, 0.6) is 5.75 Å². The van der Waals surface area contributed by atoms with E-state index in [0.29, 0.717) is 5.75 Å². The molecule has 0 saturated carbocycles. The fraction of sp³-hybridized carbons (Fsp3) is 0.167. The Kier molecular flexibility index (Phi) is 4.79. The average molecular weight is 206 g/mol. The second-order valence-corrected chi connectivity index (χ2v) is 3.80.